The Balaban J connectivity index is 3.65. The van der Waals surface area contributed by atoms with Crippen molar-refractivity contribution in [2.24, 2.45) is 16.2 Å². The van der Waals surface area contributed by atoms with Gasteiger partial charge in [-0.15, -0.1) is 0 Å². The standard InChI is InChI=1S/C21H42O3/c1-19(2,3)13-11-15-24-17-21(7,8)16-23-14-10-9-12-18(22)20(4,5)6/h9-17H2,1-8H3. The second kappa shape index (κ2) is 10.6. The van der Waals surface area contributed by atoms with Gasteiger partial charge in [-0.05, 0) is 31.1 Å². The summed E-state index contributed by atoms with van der Waals surface area (Å²) in [5.41, 5.74) is 0.215. The van der Waals surface area contributed by atoms with Crippen LogP contribution in [0.5, 0.6) is 0 Å². The summed E-state index contributed by atoms with van der Waals surface area (Å²) in [6.07, 6.45) is 4.83. The van der Waals surface area contributed by atoms with Crippen LogP contribution in [0.25, 0.3) is 0 Å². The van der Waals surface area contributed by atoms with E-state index in [-0.39, 0.29) is 10.8 Å². The maximum absolute atomic E-state index is 11.8. The van der Waals surface area contributed by atoms with Gasteiger partial charge in [0.1, 0.15) is 5.78 Å². The molecular weight excluding hydrogens is 300 g/mol. The number of ether oxygens (including phenoxy) is 2. The van der Waals surface area contributed by atoms with Crippen molar-refractivity contribution in [3.05, 3.63) is 0 Å². The lowest BCUT2D eigenvalue weighted by molar-refractivity contribution is -0.126. The van der Waals surface area contributed by atoms with Crippen molar-refractivity contribution in [1.82, 2.24) is 0 Å². The number of Topliss-reactive ketones (excluding diaryl/α,β-unsaturated/α-hetero) is 1. The van der Waals surface area contributed by atoms with Gasteiger partial charge in [-0.1, -0.05) is 55.4 Å². The average molecular weight is 343 g/mol. The summed E-state index contributed by atoms with van der Waals surface area (Å²) >= 11 is 0. The molecule has 0 heterocycles. The van der Waals surface area contributed by atoms with E-state index in [1.165, 1.54) is 6.42 Å². The SMILES string of the molecule is CC(C)(C)CCCOCC(C)(C)COCCCCC(=O)C(C)(C)C. The van der Waals surface area contributed by atoms with Crippen LogP contribution in [-0.2, 0) is 14.3 Å². The van der Waals surface area contributed by atoms with E-state index in [4.69, 9.17) is 9.47 Å². The molecule has 3 nitrogen and oxygen atoms in total. The Morgan fingerprint density at radius 2 is 1.25 bits per heavy atom. The average Bonchev–Trinajstić information content (AvgIpc) is 2.39. The Bertz CT molecular complexity index is 345. The molecular formula is C21H42O3. The molecule has 3 heteroatoms. The lowest BCUT2D eigenvalue weighted by Crippen LogP contribution is -2.26. The van der Waals surface area contributed by atoms with Crippen LogP contribution in [0, 0.1) is 16.2 Å². The number of rotatable bonds is 12. The zero-order valence-electron chi connectivity index (χ0n) is 17.6. The van der Waals surface area contributed by atoms with Crippen LogP contribution in [-0.4, -0.2) is 32.2 Å². The summed E-state index contributed by atoms with van der Waals surface area (Å²) < 4.78 is 11.6. The third-order valence-electron chi connectivity index (χ3n) is 3.98. The minimum absolute atomic E-state index is 0.0446. The highest BCUT2D eigenvalue weighted by molar-refractivity contribution is 5.83. The predicted octanol–water partition coefficient (Wildman–Crippen LogP) is 5.66. The molecule has 0 unspecified atom stereocenters. The summed E-state index contributed by atoms with van der Waals surface area (Å²) in [6, 6.07) is 0. The smallest absolute Gasteiger partial charge is 0.138 e. The molecule has 0 N–H and O–H groups in total. The monoisotopic (exact) mass is 342 g/mol. The third-order valence-corrected chi connectivity index (χ3v) is 3.98. The van der Waals surface area contributed by atoms with Crippen LogP contribution in [0.1, 0.15) is 87.5 Å². The van der Waals surface area contributed by atoms with Crippen molar-refractivity contribution < 1.29 is 14.3 Å². The van der Waals surface area contributed by atoms with Gasteiger partial charge >= 0.3 is 0 Å². The molecule has 0 rings (SSSR count). The molecule has 0 aromatic heterocycles. The van der Waals surface area contributed by atoms with E-state index < -0.39 is 0 Å². The number of hydrogen-bond acceptors (Lipinski definition) is 3. The highest BCUT2D eigenvalue weighted by atomic mass is 16.5. The number of carbonyl (C=O) groups is 1. The largest absolute Gasteiger partial charge is 0.381 e. The van der Waals surface area contributed by atoms with E-state index in [9.17, 15) is 4.79 Å². The predicted molar refractivity (Wildman–Crippen MR) is 102 cm³/mol. The Hall–Kier alpha value is -0.410. The highest BCUT2D eigenvalue weighted by Crippen LogP contribution is 2.21. The summed E-state index contributed by atoms with van der Waals surface area (Å²) in [5, 5.41) is 0. The first-order valence-corrected chi connectivity index (χ1v) is 9.52. The van der Waals surface area contributed by atoms with Crippen molar-refractivity contribution in [2.45, 2.75) is 87.5 Å². The number of ketones is 1. The molecule has 0 aliphatic carbocycles. The highest BCUT2D eigenvalue weighted by Gasteiger charge is 2.21. The molecule has 24 heavy (non-hydrogen) atoms. The Kier molecular flexibility index (Phi) is 10.4. The fourth-order valence-electron chi connectivity index (χ4n) is 2.31. The topological polar surface area (TPSA) is 35.5 Å². The van der Waals surface area contributed by atoms with Gasteiger partial charge in [0.2, 0.25) is 0 Å². The molecule has 0 saturated heterocycles. The van der Waals surface area contributed by atoms with E-state index in [2.05, 4.69) is 34.6 Å². The lowest BCUT2D eigenvalue weighted by Gasteiger charge is -2.25. The van der Waals surface area contributed by atoms with Crippen molar-refractivity contribution in [2.75, 3.05) is 26.4 Å². The minimum Gasteiger partial charge on any atom is -0.381 e. The second-order valence-electron chi connectivity index (χ2n) is 10.1. The van der Waals surface area contributed by atoms with Crippen LogP contribution in [0.15, 0.2) is 0 Å². The number of carbonyl (C=O) groups excluding carboxylic acids is 1. The molecule has 0 atom stereocenters. The summed E-state index contributed by atoms with van der Waals surface area (Å²) in [5.74, 6) is 0.339. The number of hydrogen-bond donors (Lipinski definition) is 0. The van der Waals surface area contributed by atoms with Gasteiger partial charge < -0.3 is 9.47 Å². The minimum atomic E-state index is -0.215. The van der Waals surface area contributed by atoms with Crippen molar-refractivity contribution in [3.63, 3.8) is 0 Å². The van der Waals surface area contributed by atoms with E-state index >= 15 is 0 Å². The normalized spacial score (nSPS) is 13.3. The van der Waals surface area contributed by atoms with E-state index in [0.29, 0.717) is 24.2 Å². The third kappa shape index (κ3) is 14.0. The first kappa shape index (κ1) is 23.6. The molecule has 0 aliphatic rings. The zero-order valence-corrected chi connectivity index (χ0v) is 17.6. The molecule has 0 saturated carbocycles. The van der Waals surface area contributed by atoms with Gasteiger partial charge in [-0.3, -0.25) is 4.79 Å². The Labute approximate surface area is 150 Å². The molecule has 0 aromatic carbocycles. The molecule has 144 valence electrons. The van der Waals surface area contributed by atoms with Gasteiger partial charge in [0.15, 0.2) is 0 Å². The second-order valence-corrected chi connectivity index (χ2v) is 10.1. The first-order valence-electron chi connectivity index (χ1n) is 9.52. The van der Waals surface area contributed by atoms with Gasteiger partial charge in [0.05, 0.1) is 13.2 Å². The fraction of sp³-hybridized carbons (Fsp3) is 0.952. The molecule has 0 fully saturated rings. The van der Waals surface area contributed by atoms with Crippen LogP contribution >= 0.6 is 0 Å². The molecule has 0 radical (unpaired) electrons. The van der Waals surface area contributed by atoms with E-state index in [1.54, 1.807) is 0 Å². The van der Waals surface area contributed by atoms with Crippen LogP contribution < -0.4 is 0 Å². The lowest BCUT2D eigenvalue weighted by atomic mass is 9.88. The van der Waals surface area contributed by atoms with Crippen molar-refractivity contribution >= 4 is 5.78 Å². The Morgan fingerprint density at radius 3 is 1.71 bits per heavy atom. The summed E-state index contributed by atoms with van der Waals surface area (Å²) in [6.45, 7) is 20.1. The zero-order chi connectivity index (χ0) is 18.9. The molecule has 0 aliphatic heterocycles. The molecule has 0 bridgehead atoms. The van der Waals surface area contributed by atoms with E-state index in [1.807, 2.05) is 20.8 Å². The van der Waals surface area contributed by atoms with Gasteiger partial charge in [-0.25, -0.2) is 0 Å². The molecule has 0 amide bonds. The van der Waals surface area contributed by atoms with Gasteiger partial charge in [0, 0.05) is 30.5 Å². The molecule has 0 aromatic rings. The van der Waals surface area contributed by atoms with Crippen LogP contribution in [0.3, 0.4) is 0 Å². The summed E-state index contributed by atoms with van der Waals surface area (Å²) in [7, 11) is 0. The van der Waals surface area contributed by atoms with Crippen molar-refractivity contribution in [1.29, 1.82) is 0 Å². The summed E-state index contributed by atoms with van der Waals surface area (Å²) in [4.78, 5) is 11.8. The van der Waals surface area contributed by atoms with Gasteiger partial charge in [-0.2, -0.15) is 0 Å². The maximum Gasteiger partial charge on any atom is 0.138 e. The fourth-order valence-corrected chi connectivity index (χ4v) is 2.31. The first-order chi connectivity index (χ1) is 10.8. The van der Waals surface area contributed by atoms with Gasteiger partial charge in [0.25, 0.3) is 0 Å². The van der Waals surface area contributed by atoms with E-state index in [0.717, 1.165) is 39.1 Å². The number of unbranched alkanes of at least 4 members (excludes halogenated alkanes) is 1. The Morgan fingerprint density at radius 1 is 0.750 bits per heavy atom. The maximum atomic E-state index is 11.8. The molecule has 0 spiro atoms. The van der Waals surface area contributed by atoms with Crippen LogP contribution in [0.4, 0.5) is 0 Å². The van der Waals surface area contributed by atoms with Crippen molar-refractivity contribution in [3.8, 4) is 0 Å². The van der Waals surface area contributed by atoms with Crippen LogP contribution in [0.2, 0.25) is 0 Å². The quantitative estimate of drug-likeness (QED) is 0.429.